The van der Waals surface area contributed by atoms with Crippen molar-refractivity contribution in [1.82, 2.24) is 15.5 Å². The summed E-state index contributed by atoms with van der Waals surface area (Å²) in [6, 6.07) is 4.93. The molecule has 2 aromatic rings. The van der Waals surface area contributed by atoms with E-state index in [-0.39, 0.29) is 11.9 Å². The molecule has 19 heavy (non-hydrogen) atoms. The highest BCUT2D eigenvalue weighted by atomic mass is 16.5. The lowest BCUT2D eigenvalue weighted by atomic mass is 10.1. The predicted octanol–water partition coefficient (Wildman–Crippen LogP) is 1.49. The molecule has 0 aliphatic rings. The summed E-state index contributed by atoms with van der Waals surface area (Å²) < 4.78 is 5.17. The second kappa shape index (κ2) is 5.43. The van der Waals surface area contributed by atoms with Gasteiger partial charge in [-0.25, -0.2) is 0 Å². The van der Waals surface area contributed by atoms with Crippen molar-refractivity contribution < 1.29 is 9.53 Å². The van der Waals surface area contributed by atoms with Gasteiger partial charge in [-0.1, -0.05) is 6.07 Å². The lowest BCUT2D eigenvalue weighted by Gasteiger charge is -2.14. The molecule has 0 bridgehead atoms. The first-order valence-corrected chi connectivity index (χ1v) is 5.85. The fourth-order valence-electron chi connectivity index (χ4n) is 1.82. The van der Waals surface area contributed by atoms with Gasteiger partial charge in [0.15, 0.2) is 5.75 Å². The molecule has 0 radical (unpaired) electrons. The van der Waals surface area contributed by atoms with E-state index >= 15 is 0 Å². The first-order valence-electron chi connectivity index (χ1n) is 5.85. The number of nitrogen functional groups attached to an aromatic ring is 1. The number of para-hydroxylation sites is 1. The van der Waals surface area contributed by atoms with Crippen LogP contribution in [0.4, 0.5) is 5.69 Å². The molecule has 0 aliphatic heterocycles. The van der Waals surface area contributed by atoms with Crippen LogP contribution in [0, 0.1) is 0 Å². The van der Waals surface area contributed by atoms with E-state index in [1.54, 1.807) is 30.6 Å². The number of aromatic nitrogens is 2. The van der Waals surface area contributed by atoms with Crippen molar-refractivity contribution in [3.05, 3.63) is 41.7 Å². The van der Waals surface area contributed by atoms with Crippen LogP contribution in [-0.4, -0.2) is 23.2 Å². The standard InChI is InChI=1S/C13H16N4O2/c1-8(9-6-15-16-7-9)17-13(18)10-4-3-5-11(14)12(10)19-2/h3-8H,14H2,1-2H3,(H,15,16)(H,17,18). The average Bonchev–Trinajstić information content (AvgIpc) is 2.92. The second-order valence-corrected chi connectivity index (χ2v) is 4.15. The van der Waals surface area contributed by atoms with Crippen LogP contribution >= 0.6 is 0 Å². The molecule has 6 nitrogen and oxygen atoms in total. The quantitative estimate of drug-likeness (QED) is 0.726. The van der Waals surface area contributed by atoms with E-state index in [4.69, 9.17) is 10.5 Å². The Bertz CT molecular complexity index is 566. The number of hydrogen-bond acceptors (Lipinski definition) is 4. The number of aromatic amines is 1. The van der Waals surface area contributed by atoms with E-state index in [1.807, 2.05) is 6.92 Å². The van der Waals surface area contributed by atoms with Crippen molar-refractivity contribution in [3.63, 3.8) is 0 Å². The number of nitrogens with two attached hydrogens (primary N) is 1. The smallest absolute Gasteiger partial charge is 0.255 e. The summed E-state index contributed by atoms with van der Waals surface area (Å²) >= 11 is 0. The topological polar surface area (TPSA) is 93.0 Å². The number of carbonyl (C=O) groups is 1. The lowest BCUT2D eigenvalue weighted by molar-refractivity contribution is 0.0937. The molecule has 1 aromatic carbocycles. The maximum Gasteiger partial charge on any atom is 0.255 e. The molecule has 0 spiro atoms. The summed E-state index contributed by atoms with van der Waals surface area (Å²) in [6.07, 6.45) is 3.41. The molecular formula is C13H16N4O2. The van der Waals surface area contributed by atoms with E-state index < -0.39 is 0 Å². The van der Waals surface area contributed by atoms with Crippen molar-refractivity contribution in [1.29, 1.82) is 0 Å². The van der Waals surface area contributed by atoms with Crippen molar-refractivity contribution >= 4 is 11.6 Å². The molecule has 0 saturated heterocycles. The minimum absolute atomic E-state index is 0.155. The third kappa shape index (κ3) is 2.67. The molecule has 0 aliphatic carbocycles. The van der Waals surface area contributed by atoms with Crippen molar-refractivity contribution in [2.45, 2.75) is 13.0 Å². The number of ether oxygens (including phenoxy) is 1. The van der Waals surface area contributed by atoms with Gasteiger partial charge in [-0.05, 0) is 19.1 Å². The Balaban J connectivity index is 2.19. The van der Waals surface area contributed by atoms with E-state index in [0.717, 1.165) is 5.56 Å². The number of rotatable bonds is 4. The van der Waals surface area contributed by atoms with Gasteiger partial charge >= 0.3 is 0 Å². The predicted molar refractivity (Wildman–Crippen MR) is 71.9 cm³/mol. The Morgan fingerprint density at radius 1 is 1.53 bits per heavy atom. The number of benzene rings is 1. The van der Waals surface area contributed by atoms with Gasteiger partial charge in [0, 0.05) is 11.8 Å². The van der Waals surface area contributed by atoms with Crippen LogP contribution in [0.2, 0.25) is 0 Å². The number of nitrogens with one attached hydrogen (secondary N) is 2. The molecule has 0 saturated carbocycles. The zero-order valence-corrected chi connectivity index (χ0v) is 10.8. The Hall–Kier alpha value is -2.50. The summed E-state index contributed by atoms with van der Waals surface area (Å²) in [5.74, 6) is 0.150. The molecule has 1 amide bonds. The van der Waals surface area contributed by atoms with Crippen LogP contribution in [0.1, 0.15) is 28.9 Å². The number of nitrogens with zero attached hydrogens (tertiary/aromatic N) is 1. The highest BCUT2D eigenvalue weighted by molar-refractivity contribution is 5.98. The summed E-state index contributed by atoms with van der Waals surface area (Å²) in [5.41, 5.74) is 7.53. The van der Waals surface area contributed by atoms with Crippen molar-refractivity contribution in [3.8, 4) is 5.75 Å². The van der Waals surface area contributed by atoms with Gasteiger partial charge in [-0.3, -0.25) is 9.89 Å². The van der Waals surface area contributed by atoms with Gasteiger partial charge in [0.2, 0.25) is 0 Å². The van der Waals surface area contributed by atoms with E-state index in [2.05, 4.69) is 15.5 Å². The third-order valence-electron chi connectivity index (χ3n) is 2.86. The maximum atomic E-state index is 12.2. The summed E-state index contributed by atoms with van der Waals surface area (Å²) in [5, 5.41) is 9.43. The first-order chi connectivity index (χ1) is 9.13. The van der Waals surface area contributed by atoms with Crippen molar-refractivity contribution in [2.75, 3.05) is 12.8 Å². The summed E-state index contributed by atoms with van der Waals surface area (Å²) in [4.78, 5) is 12.2. The average molecular weight is 260 g/mol. The minimum atomic E-state index is -0.238. The Kier molecular flexibility index (Phi) is 3.70. The first kappa shape index (κ1) is 12.9. The highest BCUT2D eigenvalue weighted by Gasteiger charge is 2.17. The molecule has 6 heteroatoms. The number of anilines is 1. The molecule has 1 atom stereocenters. The molecule has 1 aromatic heterocycles. The molecular weight excluding hydrogens is 244 g/mol. The Morgan fingerprint density at radius 3 is 2.95 bits per heavy atom. The van der Waals surface area contributed by atoms with Gasteiger partial charge in [-0.2, -0.15) is 5.10 Å². The van der Waals surface area contributed by atoms with Crippen LogP contribution < -0.4 is 15.8 Å². The molecule has 1 unspecified atom stereocenters. The van der Waals surface area contributed by atoms with Crippen LogP contribution in [0.3, 0.4) is 0 Å². The number of carbonyl (C=O) groups excluding carboxylic acids is 1. The largest absolute Gasteiger partial charge is 0.494 e. The molecule has 100 valence electrons. The van der Waals surface area contributed by atoms with E-state index in [1.165, 1.54) is 7.11 Å². The second-order valence-electron chi connectivity index (χ2n) is 4.15. The summed E-state index contributed by atoms with van der Waals surface area (Å²) in [7, 11) is 1.49. The van der Waals surface area contributed by atoms with Gasteiger partial charge in [0.25, 0.3) is 5.91 Å². The number of hydrogen-bond donors (Lipinski definition) is 3. The van der Waals surface area contributed by atoms with Gasteiger partial charge in [0.1, 0.15) is 0 Å². The zero-order chi connectivity index (χ0) is 13.8. The Labute approximate surface area is 111 Å². The number of amides is 1. The van der Waals surface area contributed by atoms with E-state index in [0.29, 0.717) is 17.0 Å². The molecule has 2 rings (SSSR count). The summed E-state index contributed by atoms with van der Waals surface area (Å²) in [6.45, 7) is 1.88. The van der Waals surface area contributed by atoms with Crippen LogP contribution in [0.25, 0.3) is 0 Å². The fraction of sp³-hybridized carbons (Fsp3) is 0.231. The minimum Gasteiger partial charge on any atom is -0.494 e. The van der Waals surface area contributed by atoms with Crippen molar-refractivity contribution in [2.24, 2.45) is 0 Å². The normalized spacial score (nSPS) is 11.9. The zero-order valence-electron chi connectivity index (χ0n) is 10.8. The van der Waals surface area contributed by atoms with Crippen LogP contribution in [-0.2, 0) is 0 Å². The fourth-order valence-corrected chi connectivity index (χ4v) is 1.82. The highest BCUT2D eigenvalue weighted by Crippen LogP contribution is 2.26. The van der Waals surface area contributed by atoms with Gasteiger partial charge < -0.3 is 15.8 Å². The van der Waals surface area contributed by atoms with E-state index in [9.17, 15) is 4.79 Å². The van der Waals surface area contributed by atoms with Crippen LogP contribution in [0.5, 0.6) is 5.75 Å². The maximum absolute atomic E-state index is 12.2. The molecule has 0 fully saturated rings. The third-order valence-corrected chi connectivity index (χ3v) is 2.86. The monoisotopic (exact) mass is 260 g/mol. The van der Waals surface area contributed by atoms with Gasteiger partial charge in [0.05, 0.1) is 30.6 Å². The van der Waals surface area contributed by atoms with Gasteiger partial charge in [-0.15, -0.1) is 0 Å². The Morgan fingerprint density at radius 2 is 2.32 bits per heavy atom. The number of H-pyrrole nitrogens is 1. The number of methoxy groups -OCH3 is 1. The molecule has 4 N–H and O–H groups in total. The lowest BCUT2D eigenvalue weighted by Crippen LogP contribution is -2.27. The SMILES string of the molecule is COc1c(N)cccc1C(=O)NC(C)c1cn[nH]c1. The van der Waals surface area contributed by atoms with Crippen LogP contribution in [0.15, 0.2) is 30.6 Å². The molecule has 1 heterocycles.